The van der Waals surface area contributed by atoms with E-state index < -0.39 is 11.7 Å². The van der Waals surface area contributed by atoms with Crippen molar-refractivity contribution in [2.24, 2.45) is 0 Å². The summed E-state index contributed by atoms with van der Waals surface area (Å²) in [7, 11) is 1.67. The molecule has 0 spiro atoms. The highest BCUT2D eigenvalue weighted by molar-refractivity contribution is 8.04. The van der Waals surface area contributed by atoms with Crippen molar-refractivity contribution in [3.63, 3.8) is 0 Å². The SMILES string of the molecule is CN(Cc1ccco1)C(=O)CN1C(=O)/C(=C\c2ccc(C(F)(F)F)cc2)SC2CCCCC21. The topological polar surface area (TPSA) is 53.8 Å². The molecule has 5 nitrogen and oxygen atoms in total. The molecule has 1 saturated heterocycles. The molecule has 0 N–H and O–H groups in total. The van der Waals surface area contributed by atoms with E-state index >= 15 is 0 Å². The molecule has 1 aromatic heterocycles. The molecule has 2 heterocycles. The number of hydrogen-bond donors (Lipinski definition) is 0. The average Bonchev–Trinajstić information content (AvgIpc) is 3.29. The molecule has 1 aromatic carbocycles. The number of halogens is 3. The van der Waals surface area contributed by atoms with Crippen molar-refractivity contribution >= 4 is 29.7 Å². The third kappa shape index (κ3) is 5.46. The number of carbonyl (C=O) groups excluding carboxylic acids is 2. The molecule has 1 aliphatic carbocycles. The number of alkyl halides is 3. The third-order valence-corrected chi connectivity index (χ3v) is 7.46. The van der Waals surface area contributed by atoms with Gasteiger partial charge in [-0.05, 0) is 48.7 Å². The van der Waals surface area contributed by atoms with Gasteiger partial charge in [0.1, 0.15) is 12.3 Å². The number of nitrogens with zero attached hydrogens (tertiary/aromatic N) is 2. The van der Waals surface area contributed by atoms with Crippen LogP contribution >= 0.6 is 11.8 Å². The van der Waals surface area contributed by atoms with Gasteiger partial charge in [-0.25, -0.2) is 0 Å². The molecule has 1 saturated carbocycles. The molecule has 2 atom stereocenters. The monoisotopic (exact) mass is 478 g/mol. The molecule has 1 aliphatic heterocycles. The summed E-state index contributed by atoms with van der Waals surface area (Å²) in [5.74, 6) is 0.220. The zero-order valence-electron chi connectivity index (χ0n) is 18.2. The van der Waals surface area contributed by atoms with E-state index in [4.69, 9.17) is 4.42 Å². The maximum absolute atomic E-state index is 13.4. The Hall–Kier alpha value is -2.68. The Morgan fingerprint density at radius 1 is 1.21 bits per heavy atom. The Morgan fingerprint density at radius 3 is 2.61 bits per heavy atom. The second-order valence-corrected chi connectivity index (χ2v) is 9.68. The molecular formula is C24H25F3N2O3S. The first kappa shape index (κ1) is 23.5. The molecule has 2 aliphatic rings. The summed E-state index contributed by atoms with van der Waals surface area (Å²) in [6.45, 7) is 0.271. The fraction of sp³-hybridized carbons (Fsp3) is 0.417. The van der Waals surface area contributed by atoms with Gasteiger partial charge < -0.3 is 14.2 Å². The lowest BCUT2D eigenvalue weighted by Gasteiger charge is -2.44. The summed E-state index contributed by atoms with van der Waals surface area (Å²) in [6.07, 6.45) is 2.59. The van der Waals surface area contributed by atoms with Crippen molar-refractivity contribution in [1.82, 2.24) is 9.80 Å². The van der Waals surface area contributed by atoms with Gasteiger partial charge in [-0.2, -0.15) is 13.2 Å². The molecule has 0 radical (unpaired) electrons. The lowest BCUT2D eigenvalue weighted by atomic mass is 9.93. The standard InChI is InChI=1S/C24H25F3N2O3S/c1-28(14-18-5-4-12-32-18)22(30)15-29-19-6-2-3-7-20(19)33-21(23(29)31)13-16-8-10-17(11-9-16)24(25,26)27/h4-5,8-13,19-20H,2-3,6-7,14-15H2,1H3/b21-13+. The number of rotatable bonds is 5. The van der Waals surface area contributed by atoms with E-state index in [1.54, 1.807) is 36.4 Å². The average molecular weight is 479 g/mol. The van der Waals surface area contributed by atoms with Gasteiger partial charge in [0.05, 0.1) is 23.3 Å². The number of fused-ring (bicyclic) bond motifs is 1. The second-order valence-electron chi connectivity index (χ2n) is 8.40. The number of likely N-dealkylation sites (N-methyl/N-ethyl adjacent to an activating group) is 1. The number of furan rings is 1. The van der Waals surface area contributed by atoms with Crippen LogP contribution in [-0.2, 0) is 22.3 Å². The van der Waals surface area contributed by atoms with E-state index in [1.807, 2.05) is 0 Å². The van der Waals surface area contributed by atoms with Gasteiger partial charge in [0.25, 0.3) is 5.91 Å². The Morgan fingerprint density at radius 2 is 1.94 bits per heavy atom. The van der Waals surface area contributed by atoms with Gasteiger partial charge >= 0.3 is 6.18 Å². The fourth-order valence-corrected chi connectivity index (χ4v) is 5.75. The highest BCUT2D eigenvalue weighted by Gasteiger charge is 2.41. The van der Waals surface area contributed by atoms with Crippen LogP contribution in [0.25, 0.3) is 6.08 Å². The van der Waals surface area contributed by atoms with Crippen molar-refractivity contribution in [3.05, 3.63) is 64.5 Å². The number of hydrogen-bond acceptors (Lipinski definition) is 4. The van der Waals surface area contributed by atoms with E-state index in [1.165, 1.54) is 28.8 Å². The van der Waals surface area contributed by atoms with Crippen LogP contribution in [0.4, 0.5) is 13.2 Å². The summed E-state index contributed by atoms with van der Waals surface area (Å²) >= 11 is 1.48. The molecule has 4 rings (SSSR count). The Labute approximate surface area is 194 Å². The molecule has 9 heteroatoms. The van der Waals surface area contributed by atoms with Crippen molar-refractivity contribution in [1.29, 1.82) is 0 Å². The summed E-state index contributed by atoms with van der Waals surface area (Å²) in [6, 6.07) is 8.27. The van der Waals surface area contributed by atoms with Crippen LogP contribution in [0.5, 0.6) is 0 Å². The first-order valence-corrected chi connectivity index (χ1v) is 11.7. The van der Waals surface area contributed by atoms with Crippen LogP contribution in [0.3, 0.4) is 0 Å². The summed E-state index contributed by atoms with van der Waals surface area (Å²) in [5.41, 5.74) is -0.208. The highest BCUT2D eigenvalue weighted by Crippen LogP contribution is 2.42. The van der Waals surface area contributed by atoms with Gasteiger partial charge in [-0.3, -0.25) is 9.59 Å². The number of amides is 2. The number of thioether (sulfide) groups is 1. The minimum atomic E-state index is -4.41. The summed E-state index contributed by atoms with van der Waals surface area (Å²) < 4.78 is 43.9. The Balaban J connectivity index is 1.53. The van der Waals surface area contributed by atoms with E-state index in [9.17, 15) is 22.8 Å². The van der Waals surface area contributed by atoms with Crippen LogP contribution in [0, 0.1) is 0 Å². The molecule has 2 amide bonds. The molecule has 0 bridgehead atoms. The van der Waals surface area contributed by atoms with Gasteiger partial charge in [-0.15, -0.1) is 11.8 Å². The summed E-state index contributed by atoms with van der Waals surface area (Å²) in [4.78, 5) is 29.9. The molecule has 176 valence electrons. The highest BCUT2D eigenvalue weighted by atomic mass is 32.2. The molecule has 2 fully saturated rings. The van der Waals surface area contributed by atoms with Gasteiger partial charge in [-0.1, -0.05) is 25.0 Å². The maximum atomic E-state index is 13.4. The molecular weight excluding hydrogens is 453 g/mol. The Kier molecular flexibility index (Phi) is 6.88. The predicted molar refractivity (Wildman–Crippen MR) is 120 cm³/mol. The predicted octanol–water partition coefficient (Wildman–Crippen LogP) is 5.18. The summed E-state index contributed by atoms with van der Waals surface area (Å²) in [5, 5.41) is 0.167. The molecule has 33 heavy (non-hydrogen) atoms. The maximum Gasteiger partial charge on any atom is 0.416 e. The van der Waals surface area contributed by atoms with Crippen LogP contribution in [-0.4, -0.2) is 46.5 Å². The van der Waals surface area contributed by atoms with Crippen molar-refractivity contribution in [2.45, 2.75) is 49.7 Å². The van der Waals surface area contributed by atoms with E-state index in [-0.39, 0.29) is 29.7 Å². The Bertz CT molecular complexity index is 1020. The quantitative estimate of drug-likeness (QED) is 0.556. The van der Waals surface area contributed by atoms with E-state index in [0.29, 0.717) is 22.8 Å². The normalized spacial score (nSPS) is 22.4. The van der Waals surface area contributed by atoms with E-state index in [0.717, 1.165) is 37.8 Å². The van der Waals surface area contributed by atoms with Gasteiger partial charge in [0, 0.05) is 18.3 Å². The lowest BCUT2D eigenvalue weighted by molar-refractivity contribution is -0.140. The van der Waals surface area contributed by atoms with E-state index in [2.05, 4.69) is 0 Å². The van der Waals surface area contributed by atoms with Crippen molar-refractivity contribution < 1.29 is 27.2 Å². The first-order valence-electron chi connectivity index (χ1n) is 10.9. The van der Waals surface area contributed by atoms with Crippen LogP contribution < -0.4 is 0 Å². The molecule has 2 aromatic rings. The number of carbonyl (C=O) groups is 2. The largest absolute Gasteiger partial charge is 0.467 e. The van der Waals surface area contributed by atoms with Crippen LogP contribution in [0.1, 0.15) is 42.6 Å². The van der Waals surface area contributed by atoms with Gasteiger partial charge in [0.15, 0.2) is 0 Å². The van der Waals surface area contributed by atoms with Crippen molar-refractivity contribution in [3.8, 4) is 0 Å². The van der Waals surface area contributed by atoms with Gasteiger partial charge in [0.2, 0.25) is 5.91 Å². The second kappa shape index (κ2) is 9.67. The zero-order valence-corrected chi connectivity index (χ0v) is 19.0. The van der Waals surface area contributed by atoms with Crippen LogP contribution in [0.2, 0.25) is 0 Å². The lowest BCUT2D eigenvalue weighted by Crippen LogP contribution is -2.54. The van der Waals surface area contributed by atoms with Crippen molar-refractivity contribution in [2.75, 3.05) is 13.6 Å². The smallest absolute Gasteiger partial charge is 0.416 e. The van der Waals surface area contributed by atoms with Crippen LogP contribution in [0.15, 0.2) is 52.0 Å². The number of benzene rings is 1. The molecule has 2 unspecified atom stereocenters. The minimum Gasteiger partial charge on any atom is -0.467 e. The first-order chi connectivity index (χ1) is 15.7. The fourth-order valence-electron chi connectivity index (χ4n) is 4.27. The zero-order chi connectivity index (χ0) is 23.6. The third-order valence-electron chi connectivity index (χ3n) is 6.06. The minimum absolute atomic E-state index is 0.0260.